The lowest BCUT2D eigenvalue weighted by Crippen LogP contribution is -2.35. The molecule has 0 aliphatic carbocycles. The van der Waals surface area contributed by atoms with Crippen molar-refractivity contribution >= 4 is 18.0 Å². The van der Waals surface area contributed by atoms with Gasteiger partial charge in [-0.05, 0) is 32.9 Å². The number of alkyl carbamates (subject to hydrolysis) is 1. The predicted octanol–water partition coefficient (Wildman–Crippen LogP) is 1.40. The Labute approximate surface area is 140 Å². The summed E-state index contributed by atoms with van der Waals surface area (Å²) in [4.78, 5) is 38.6. The Hall–Kier alpha value is -2.64. The first-order valence-corrected chi connectivity index (χ1v) is 7.48. The number of carbonyl (C=O) groups excluding carboxylic acids is 3. The van der Waals surface area contributed by atoms with Crippen molar-refractivity contribution in [1.29, 1.82) is 0 Å². The Kier molecular flexibility index (Phi) is 7.16. The van der Waals surface area contributed by atoms with Gasteiger partial charge >= 0.3 is 12.1 Å². The molecule has 0 aliphatic rings. The SMILES string of the molecule is COC(=O)c1ccnc(CNC(=O)CCNC(=O)OC(C)(C)C)c1. The van der Waals surface area contributed by atoms with Crippen LogP contribution in [0.5, 0.6) is 0 Å². The molecule has 0 radical (unpaired) electrons. The molecular formula is C16H23N3O5. The van der Waals surface area contributed by atoms with Crippen LogP contribution >= 0.6 is 0 Å². The topological polar surface area (TPSA) is 107 Å². The number of pyridine rings is 1. The van der Waals surface area contributed by atoms with Crippen LogP contribution in [-0.4, -0.2) is 42.2 Å². The molecule has 1 rings (SSSR count). The number of carbonyl (C=O) groups is 3. The average Bonchev–Trinajstić information content (AvgIpc) is 2.50. The van der Waals surface area contributed by atoms with Crippen LogP contribution < -0.4 is 10.6 Å². The van der Waals surface area contributed by atoms with E-state index in [2.05, 4.69) is 20.4 Å². The lowest BCUT2D eigenvalue weighted by atomic mass is 10.2. The summed E-state index contributed by atoms with van der Waals surface area (Å²) in [5.74, 6) is -0.720. The first-order chi connectivity index (χ1) is 11.2. The first-order valence-electron chi connectivity index (χ1n) is 7.48. The fourth-order valence-corrected chi connectivity index (χ4v) is 1.69. The molecule has 0 unspecified atom stereocenters. The fourth-order valence-electron chi connectivity index (χ4n) is 1.69. The van der Waals surface area contributed by atoms with Gasteiger partial charge in [0, 0.05) is 19.2 Å². The zero-order valence-corrected chi connectivity index (χ0v) is 14.3. The van der Waals surface area contributed by atoms with E-state index >= 15 is 0 Å². The highest BCUT2D eigenvalue weighted by Gasteiger charge is 2.15. The first kappa shape index (κ1) is 19.4. The van der Waals surface area contributed by atoms with E-state index in [1.165, 1.54) is 19.4 Å². The van der Waals surface area contributed by atoms with Gasteiger partial charge in [0.1, 0.15) is 5.60 Å². The van der Waals surface area contributed by atoms with Crippen molar-refractivity contribution in [3.05, 3.63) is 29.6 Å². The Morgan fingerprint density at radius 3 is 2.54 bits per heavy atom. The molecule has 24 heavy (non-hydrogen) atoms. The van der Waals surface area contributed by atoms with Crippen LogP contribution in [0.4, 0.5) is 4.79 Å². The molecule has 0 saturated heterocycles. The Bertz CT molecular complexity index is 596. The maximum absolute atomic E-state index is 11.7. The van der Waals surface area contributed by atoms with Crippen molar-refractivity contribution < 1.29 is 23.9 Å². The van der Waals surface area contributed by atoms with Crippen LogP contribution in [0.25, 0.3) is 0 Å². The van der Waals surface area contributed by atoms with Gasteiger partial charge in [-0.15, -0.1) is 0 Å². The van der Waals surface area contributed by atoms with Crippen molar-refractivity contribution in [1.82, 2.24) is 15.6 Å². The van der Waals surface area contributed by atoms with E-state index in [1.54, 1.807) is 26.8 Å². The van der Waals surface area contributed by atoms with E-state index < -0.39 is 17.7 Å². The molecule has 132 valence electrons. The molecule has 1 aromatic rings. The highest BCUT2D eigenvalue weighted by atomic mass is 16.6. The van der Waals surface area contributed by atoms with Gasteiger partial charge in [-0.1, -0.05) is 0 Å². The summed E-state index contributed by atoms with van der Waals surface area (Å²) < 4.78 is 9.68. The van der Waals surface area contributed by atoms with Gasteiger partial charge in [0.2, 0.25) is 5.91 Å². The van der Waals surface area contributed by atoms with Crippen molar-refractivity contribution in [2.24, 2.45) is 0 Å². The van der Waals surface area contributed by atoms with Crippen LogP contribution in [0.3, 0.4) is 0 Å². The smallest absolute Gasteiger partial charge is 0.407 e. The second kappa shape index (κ2) is 8.85. The van der Waals surface area contributed by atoms with Crippen LogP contribution in [-0.2, 0) is 20.8 Å². The number of hydrogen-bond donors (Lipinski definition) is 2. The third-order valence-corrected chi connectivity index (χ3v) is 2.72. The number of ether oxygens (including phenoxy) is 2. The number of aromatic nitrogens is 1. The van der Waals surface area contributed by atoms with E-state index in [-0.39, 0.29) is 25.4 Å². The largest absolute Gasteiger partial charge is 0.465 e. The van der Waals surface area contributed by atoms with Gasteiger partial charge < -0.3 is 20.1 Å². The summed E-state index contributed by atoms with van der Waals surface area (Å²) in [6.07, 6.45) is 1.01. The number of rotatable bonds is 6. The Morgan fingerprint density at radius 2 is 1.92 bits per heavy atom. The van der Waals surface area contributed by atoms with Gasteiger partial charge in [0.25, 0.3) is 0 Å². The maximum atomic E-state index is 11.7. The molecule has 2 N–H and O–H groups in total. The molecule has 0 aromatic carbocycles. The summed E-state index contributed by atoms with van der Waals surface area (Å²) >= 11 is 0. The molecule has 0 spiro atoms. The van der Waals surface area contributed by atoms with Crippen molar-refractivity contribution in [3.63, 3.8) is 0 Å². The fraction of sp³-hybridized carbons (Fsp3) is 0.500. The highest BCUT2D eigenvalue weighted by molar-refractivity contribution is 5.89. The Balaban J connectivity index is 2.34. The highest BCUT2D eigenvalue weighted by Crippen LogP contribution is 2.06. The summed E-state index contributed by atoms with van der Waals surface area (Å²) in [7, 11) is 1.29. The lowest BCUT2D eigenvalue weighted by Gasteiger charge is -2.19. The molecule has 1 aromatic heterocycles. The van der Waals surface area contributed by atoms with Gasteiger partial charge in [-0.3, -0.25) is 9.78 Å². The van der Waals surface area contributed by atoms with E-state index in [1.807, 2.05) is 0 Å². The predicted molar refractivity (Wildman–Crippen MR) is 86.3 cm³/mol. The number of amides is 2. The molecule has 2 amide bonds. The van der Waals surface area contributed by atoms with E-state index in [0.29, 0.717) is 11.3 Å². The monoisotopic (exact) mass is 337 g/mol. The molecule has 0 atom stereocenters. The quantitative estimate of drug-likeness (QED) is 0.760. The zero-order chi connectivity index (χ0) is 18.2. The van der Waals surface area contributed by atoms with Crippen LogP contribution in [0.1, 0.15) is 43.2 Å². The van der Waals surface area contributed by atoms with Crippen molar-refractivity contribution in [3.8, 4) is 0 Å². The number of nitrogens with zero attached hydrogens (tertiary/aromatic N) is 1. The number of hydrogen-bond acceptors (Lipinski definition) is 6. The molecule has 1 heterocycles. The average molecular weight is 337 g/mol. The van der Waals surface area contributed by atoms with E-state index in [9.17, 15) is 14.4 Å². The van der Waals surface area contributed by atoms with E-state index in [0.717, 1.165) is 0 Å². The Morgan fingerprint density at radius 1 is 1.21 bits per heavy atom. The number of esters is 1. The van der Waals surface area contributed by atoms with E-state index in [4.69, 9.17) is 4.74 Å². The minimum absolute atomic E-state index is 0.107. The maximum Gasteiger partial charge on any atom is 0.407 e. The van der Waals surface area contributed by atoms with Crippen LogP contribution in [0, 0.1) is 0 Å². The van der Waals surface area contributed by atoms with Gasteiger partial charge in [0.05, 0.1) is 24.9 Å². The summed E-state index contributed by atoms with van der Waals surface area (Å²) in [5.41, 5.74) is 0.317. The number of nitrogens with one attached hydrogen (secondary N) is 2. The normalized spacial score (nSPS) is 10.7. The van der Waals surface area contributed by atoms with Crippen LogP contribution in [0.2, 0.25) is 0 Å². The van der Waals surface area contributed by atoms with Gasteiger partial charge in [-0.25, -0.2) is 9.59 Å². The second-order valence-corrected chi connectivity index (χ2v) is 5.98. The molecule has 8 nitrogen and oxygen atoms in total. The summed E-state index contributed by atoms with van der Waals surface area (Å²) in [5, 5.41) is 5.16. The lowest BCUT2D eigenvalue weighted by molar-refractivity contribution is -0.121. The summed E-state index contributed by atoms with van der Waals surface area (Å²) in [6, 6.07) is 3.08. The standard InChI is InChI=1S/C16H23N3O5/c1-16(2,3)24-15(22)18-8-6-13(20)19-10-12-9-11(5-7-17-12)14(21)23-4/h5,7,9H,6,8,10H2,1-4H3,(H,18,22)(H,19,20). The molecule has 8 heteroatoms. The van der Waals surface area contributed by atoms with Crippen LogP contribution in [0.15, 0.2) is 18.3 Å². The van der Waals surface area contributed by atoms with Gasteiger partial charge in [0.15, 0.2) is 0 Å². The molecule has 0 bridgehead atoms. The summed E-state index contributed by atoms with van der Waals surface area (Å²) in [6.45, 7) is 5.62. The number of methoxy groups -OCH3 is 1. The molecule has 0 saturated carbocycles. The van der Waals surface area contributed by atoms with Crippen molar-refractivity contribution in [2.75, 3.05) is 13.7 Å². The molecule has 0 aliphatic heterocycles. The minimum atomic E-state index is -0.581. The molecule has 0 fully saturated rings. The third kappa shape index (κ3) is 7.57. The van der Waals surface area contributed by atoms with Gasteiger partial charge in [-0.2, -0.15) is 0 Å². The third-order valence-electron chi connectivity index (χ3n) is 2.72. The minimum Gasteiger partial charge on any atom is -0.465 e. The molecular weight excluding hydrogens is 314 g/mol. The second-order valence-electron chi connectivity index (χ2n) is 5.98. The zero-order valence-electron chi connectivity index (χ0n) is 14.3. The van der Waals surface area contributed by atoms with Crippen molar-refractivity contribution in [2.45, 2.75) is 39.3 Å².